The summed E-state index contributed by atoms with van der Waals surface area (Å²) >= 11 is 0. The molecule has 3 nitrogen and oxygen atoms in total. The van der Waals surface area contributed by atoms with E-state index < -0.39 is 0 Å². The largest absolute Gasteiger partial charge is 0.462 e. The van der Waals surface area contributed by atoms with Gasteiger partial charge in [0.25, 0.3) is 0 Å². The fourth-order valence-corrected chi connectivity index (χ4v) is 6.75. The standard InChI is InChI=1S/C47H87NO2/c1-7-9-11-13-15-17-19-21-23-25-27-29-31-33-35-37-40-46(50-47(49)42-39-43-48(44(3)4)45(5)6)41-38-36-34-32-30-28-26-24-22-20-18-16-14-12-10-8-2/h15-18,21-24,44-46H,7-14,19-20,25-43H2,1-6H3. The lowest BCUT2D eigenvalue weighted by atomic mass is 10.0. The van der Waals surface area contributed by atoms with E-state index in [9.17, 15) is 4.79 Å². The Morgan fingerprint density at radius 2 is 0.840 bits per heavy atom. The van der Waals surface area contributed by atoms with Crippen LogP contribution in [0.25, 0.3) is 0 Å². The normalized spacial score (nSPS) is 13.1. The van der Waals surface area contributed by atoms with Crippen molar-refractivity contribution in [1.82, 2.24) is 4.90 Å². The van der Waals surface area contributed by atoms with Gasteiger partial charge < -0.3 is 4.74 Å². The van der Waals surface area contributed by atoms with Gasteiger partial charge >= 0.3 is 5.97 Å². The van der Waals surface area contributed by atoms with Crippen molar-refractivity contribution < 1.29 is 9.53 Å². The lowest BCUT2D eigenvalue weighted by molar-refractivity contribution is -0.150. The molecule has 0 rings (SSSR count). The SMILES string of the molecule is CCCCCC=CCC=CCCCCCCCCC(CCCCCCCCC=CCC=CCCCCC)OC(=O)CCCN(C(C)C)C(C)C. The summed E-state index contributed by atoms with van der Waals surface area (Å²) in [5.41, 5.74) is 0. The number of hydrogen-bond donors (Lipinski definition) is 0. The summed E-state index contributed by atoms with van der Waals surface area (Å²) in [5.74, 6) is 0.0162. The number of rotatable bonds is 37. The Bertz CT molecular complexity index is 767. The fraction of sp³-hybridized carbons (Fsp3) is 0.809. The van der Waals surface area contributed by atoms with Gasteiger partial charge in [-0.2, -0.15) is 0 Å². The molecule has 0 aromatic heterocycles. The van der Waals surface area contributed by atoms with Crippen molar-refractivity contribution in [3.63, 3.8) is 0 Å². The van der Waals surface area contributed by atoms with E-state index in [-0.39, 0.29) is 12.1 Å². The van der Waals surface area contributed by atoms with Crippen LogP contribution in [0.5, 0.6) is 0 Å². The maximum Gasteiger partial charge on any atom is 0.306 e. The molecule has 0 amide bonds. The first kappa shape index (κ1) is 48.4. The van der Waals surface area contributed by atoms with E-state index in [1.165, 1.54) is 141 Å². The van der Waals surface area contributed by atoms with Crippen molar-refractivity contribution in [2.75, 3.05) is 6.54 Å². The quantitative estimate of drug-likeness (QED) is 0.0368. The van der Waals surface area contributed by atoms with Crippen LogP contribution in [0.4, 0.5) is 0 Å². The minimum Gasteiger partial charge on any atom is -0.462 e. The zero-order valence-corrected chi connectivity index (χ0v) is 34.6. The maximum absolute atomic E-state index is 12.9. The number of allylic oxidation sites excluding steroid dienone is 8. The van der Waals surface area contributed by atoms with Gasteiger partial charge in [-0.1, -0.05) is 140 Å². The predicted molar refractivity (Wildman–Crippen MR) is 224 cm³/mol. The Morgan fingerprint density at radius 3 is 1.22 bits per heavy atom. The van der Waals surface area contributed by atoms with Crippen molar-refractivity contribution in [1.29, 1.82) is 0 Å². The summed E-state index contributed by atoms with van der Waals surface area (Å²) in [6, 6.07) is 1.01. The molecule has 0 radical (unpaired) electrons. The second kappa shape index (κ2) is 38.6. The molecule has 292 valence electrons. The van der Waals surface area contributed by atoms with Gasteiger partial charge in [-0.25, -0.2) is 0 Å². The Hall–Kier alpha value is -1.61. The van der Waals surface area contributed by atoms with Crippen molar-refractivity contribution >= 4 is 5.97 Å². The molecule has 0 fully saturated rings. The Morgan fingerprint density at radius 1 is 0.480 bits per heavy atom. The molecule has 0 saturated heterocycles. The third kappa shape index (κ3) is 34.8. The van der Waals surface area contributed by atoms with Crippen LogP contribution in [-0.4, -0.2) is 35.6 Å². The van der Waals surface area contributed by atoms with Crippen LogP contribution in [0.3, 0.4) is 0 Å². The van der Waals surface area contributed by atoms with Gasteiger partial charge in [0.1, 0.15) is 6.10 Å². The molecule has 50 heavy (non-hydrogen) atoms. The van der Waals surface area contributed by atoms with Gasteiger partial charge in [-0.15, -0.1) is 0 Å². The van der Waals surface area contributed by atoms with E-state index in [1.807, 2.05) is 0 Å². The number of hydrogen-bond acceptors (Lipinski definition) is 3. The van der Waals surface area contributed by atoms with Crippen molar-refractivity contribution in [3.8, 4) is 0 Å². The van der Waals surface area contributed by atoms with Gasteiger partial charge in [0.2, 0.25) is 0 Å². The van der Waals surface area contributed by atoms with Crippen LogP contribution >= 0.6 is 0 Å². The lowest BCUT2D eigenvalue weighted by Crippen LogP contribution is -2.37. The number of ether oxygens (including phenoxy) is 1. The Balaban J connectivity index is 4.27. The average molecular weight is 698 g/mol. The maximum atomic E-state index is 12.9. The number of carbonyl (C=O) groups excluding carboxylic acids is 1. The van der Waals surface area contributed by atoms with E-state index in [0.717, 1.165) is 38.6 Å². The zero-order valence-electron chi connectivity index (χ0n) is 34.6. The molecule has 0 aliphatic heterocycles. The molecule has 0 bridgehead atoms. The topological polar surface area (TPSA) is 29.5 Å². The molecule has 0 heterocycles. The van der Waals surface area contributed by atoms with Crippen LogP contribution in [0.2, 0.25) is 0 Å². The number of carbonyl (C=O) groups is 1. The van der Waals surface area contributed by atoms with Gasteiger partial charge in [0, 0.05) is 18.5 Å². The molecule has 0 aliphatic rings. The molecule has 0 spiro atoms. The first-order valence-corrected chi connectivity index (χ1v) is 22.0. The second-order valence-corrected chi connectivity index (χ2v) is 15.4. The molecule has 3 heteroatoms. The van der Waals surface area contributed by atoms with E-state index in [0.29, 0.717) is 18.5 Å². The van der Waals surface area contributed by atoms with Crippen LogP contribution in [0, 0.1) is 0 Å². The summed E-state index contributed by atoms with van der Waals surface area (Å²) < 4.78 is 6.12. The van der Waals surface area contributed by atoms with Crippen LogP contribution in [0.1, 0.15) is 221 Å². The molecule has 0 saturated carbocycles. The molecule has 0 unspecified atom stereocenters. The van der Waals surface area contributed by atoms with Gasteiger partial charge in [-0.3, -0.25) is 9.69 Å². The third-order valence-electron chi connectivity index (χ3n) is 9.88. The molecule has 0 atom stereocenters. The van der Waals surface area contributed by atoms with Gasteiger partial charge in [-0.05, 0) is 131 Å². The fourth-order valence-electron chi connectivity index (χ4n) is 6.75. The smallest absolute Gasteiger partial charge is 0.306 e. The van der Waals surface area contributed by atoms with E-state index >= 15 is 0 Å². The summed E-state index contributed by atoms with van der Waals surface area (Å²) in [6.45, 7) is 14.5. The molecule has 0 aliphatic carbocycles. The third-order valence-corrected chi connectivity index (χ3v) is 9.88. The highest BCUT2D eigenvalue weighted by Crippen LogP contribution is 2.19. The molecular formula is C47H87NO2. The average Bonchev–Trinajstić information content (AvgIpc) is 3.09. The van der Waals surface area contributed by atoms with E-state index in [1.54, 1.807) is 0 Å². The first-order chi connectivity index (χ1) is 24.4. The van der Waals surface area contributed by atoms with Gasteiger partial charge in [0.15, 0.2) is 0 Å². The molecule has 0 aromatic rings. The lowest BCUT2D eigenvalue weighted by Gasteiger charge is -2.30. The predicted octanol–water partition coefficient (Wildman–Crippen LogP) is 15.2. The van der Waals surface area contributed by atoms with E-state index in [4.69, 9.17) is 4.74 Å². The summed E-state index contributed by atoms with van der Waals surface area (Å²) in [7, 11) is 0. The summed E-state index contributed by atoms with van der Waals surface area (Å²) in [6.07, 6.45) is 52.7. The highest BCUT2D eigenvalue weighted by Gasteiger charge is 2.17. The Kier molecular flexibility index (Phi) is 37.4. The molecule has 0 N–H and O–H groups in total. The molecule has 0 aromatic carbocycles. The monoisotopic (exact) mass is 698 g/mol. The zero-order chi connectivity index (χ0) is 36.8. The van der Waals surface area contributed by atoms with Crippen molar-refractivity contribution in [2.24, 2.45) is 0 Å². The highest BCUT2D eigenvalue weighted by molar-refractivity contribution is 5.69. The van der Waals surface area contributed by atoms with Crippen LogP contribution in [0.15, 0.2) is 48.6 Å². The molecular weight excluding hydrogens is 611 g/mol. The minimum absolute atomic E-state index is 0.0162. The van der Waals surface area contributed by atoms with E-state index in [2.05, 4.69) is 95.1 Å². The number of nitrogens with zero attached hydrogens (tertiary/aromatic N) is 1. The van der Waals surface area contributed by atoms with Crippen molar-refractivity contribution in [2.45, 2.75) is 240 Å². The number of esters is 1. The summed E-state index contributed by atoms with van der Waals surface area (Å²) in [5, 5.41) is 0. The second-order valence-electron chi connectivity index (χ2n) is 15.4. The highest BCUT2D eigenvalue weighted by atomic mass is 16.5. The van der Waals surface area contributed by atoms with Crippen LogP contribution < -0.4 is 0 Å². The van der Waals surface area contributed by atoms with Crippen LogP contribution in [-0.2, 0) is 9.53 Å². The number of unbranched alkanes of at least 4 members (excludes halogenated alkanes) is 18. The Labute approximate surface area is 314 Å². The van der Waals surface area contributed by atoms with Crippen molar-refractivity contribution in [3.05, 3.63) is 48.6 Å². The van der Waals surface area contributed by atoms with Gasteiger partial charge in [0.05, 0.1) is 0 Å². The first-order valence-electron chi connectivity index (χ1n) is 22.0. The minimum atomic E-state index is 0.0162. The summed E-state index contributed by atoms with van der Waals surface area (Å²) in [4.78, 5) is 15.3.